The Bertz CT molecular complexity index is 574. The third-order valence-corrected chi connectivity index (χ3v) is 2.78. The lowest BCUT2D eigenvalue weighted by atomic mass is 10.1. The zero-order valence-electron chi connectivity index (χ0n) is 11.2. The third-order valence-electron chi connectivity index (χ3n) is 2.78. The minimum absolute atomic E-state index is 0.443. The van der Waals surface area contributed by atoms with Gasteiger partial charge in [-0.2, -0.15) is 0 Å². The van der Waals surface area contributed by atoms with Crippen LogP contribution in [0.3, 0.4) is 0 Å². The van der Waals surface area contributed by atoms with Crippen LogP contribution in [0.5, 0.6) is 0 Å². The van der Waals surface area contributed by atoms with Crippen molar-refractivity contribution in [3.8, 4) is 0 Å². The second kappa shape index (κ2) is 6.50. The molecule has 0 radical (unpaired) electrons. The van der Waals surface area contributed by atoms with E-state index in [4.69, 9.17) is 0 Å². The summed E-state index contributed by atoms with van der Waals surface area (Å²) in [6, 6.07) is 1.81. The predicted molar refractivity (Wildman–Crippen MR) is 82.4 cm³/mol. The van der Waals surface area contributed by atoms with E-state index >= 15 is 0 Å². The Morgan fingerprint density at radius 3 is 2.58 bits per heavy atom. The first-order valence-electron chi connectivity index (χ1n) is 5.84. The van der Waals surface area contributed by atoms with E-state index in [-0.39, 0.29) is 0 Å². The Morgan fingerprint density at radius 2 is 2.16 bits per heavy atom. The van der Waals surface area contributed by atoms with Gasteiger partial charge in [0.1, 0.15) is 0 Å². The largest absolute Gasteiger partial charge is 0.332 e. The molecule has 98 valence electrons. The maximum Gasteiger partial charge on any atom is 0.166 e. The van der Waals surface area contributed by atoms with Gasteiger partial charge in [-0.15, -0.1) is 0 Å². The van der Waals surface area contributed by atoms with Gasteiger partial charge < -0.3 is 4.57 Å². The predicted octanol–water partition coefficient (Wildman–Crippen LogP) is 3.75. The van der Waals surface area contributed by atoms with Gasteiger partial charge in [-0.25, -0.2) is 0 Å². The number of aromatic nitrogens is 1. The number of aldehydes is 1. The first-order chi connectivity index (χ1) is 9.08. The number of nitrogens with zero attached hydrogens (tertiary/aromatic N) is 2. The van der Waals surface area contributed by atoms with Gasteiger partial charge in [0.15, 0.2) is 6.29 Å². The van der Waals surface area contributed by atoms with E-state index in [9.17, 15) is 4.79 Å². The van der Waals surface area contributed by atoms with Gasteiger partial charge in [0.25, 0.3) is 0 Å². The fraction of sp³-hybridized carbons (Fsp3) is 0.125. The maximum atomic E-state index is 11.2. The van der Waals surface area contributed by atoms with Crippen molar-refractivity contribution in [3.63, 3.8) is 0 Å². The van der Waals surface area contributed by atoms with Crippen molar-refractivity contribution in [2.45, 2.75) is 13.5 Å². The fourth-order valence-electron chi connectivity index (χ4n) is 1.87. The van der Waals surface area contributed by atoms with Crippen LogP contribution in [0, 0.1) is 0 Å². The van der Waals surface area contributed by atoms with Crippen LogP contribution in [-0.2, 0) is 6.54 Å². The van der Waals surface area contributed by atoms with Crippen LogP contribution in [0.4, 0.5) is 0 Å². The molecule has 1 aromatic rings. The van der Waals surface area contributed by atoms with E-state index in [2.05, 4.69) is 31.4 Å². The molecular formula is C16H18N2O. The molecule has 3 heteroatoms. The summed E-state index contributed by atoms with van der Waals surface area (Å²) in [6.45, 7) is 17.2. The Morgan fingerprint density at radius 1 is 1.47 bits per heavy atom. The minimum atomic E-state index is 0.443. The highest BCUT2D eigenvalue weighted by Gasteiger charge is 2.13. The summed E-state index contributed by atoms with van der Waals surface area (Å²) >= 11 is 0. The summed E-state index contributed by atoms with van der Waals surface area (Å²) in [5.74, 6) is 0. The quantitative estimate of drug-likeness (QED) is 0.414. The van der Waals surface area contributed by atoms with Gasteiger partial charge >= 0.3 is 0 Å². The smallest absolute Gasteiger partial charge is 0.166 e. The summed E-state index contributed by atoms with van der Waals surface area (Å²) in [6.07, 6.45) is 5.93. The van der Waals surface area contributed by atoms with Gasteiger partial charge in [0.2, 0.25) is 0 Å². The Labute approximate surface area is 114 Å². The zero-order chi connectivity index (χ0) is 14.4. The topological polar surface area (TPSA) is 34.4 Å². The molecule has 0 aliphatic carbocycles. The number of carbonyl (C=O) groups excluding carboxylic acids is 1. The normalized spacial score (nSPS) is 10.9. The van der Waals surface area contributed by atoms with Crippen LogP contribution in [0.25, 0.3) is 11.6 Å². The molecule has 0 N–H and O–H groups in total. The zero-order valence-corrected chi connectivity index (χ0v) is 11.2. The van der Waals surface area contributed by atoms with E-state index in [0.717, 1.165) is 28.8 Å². The molecule has 1 aromatic heterocycles. The first-order valence-corrected chi connectivity index (χ1v) is 5.84. The molecule has 0 unspecified atom stereocenters. The lowest BCUT2D eigenvalue weighted by Gasteiger charge is -2.10. The van der Waals surface area contributed by atoms with Crippen molar-refractivity contribution in [1.29, 1.82) is 0 Å². The van der Waals surface area contributed by atoms with Crippen molar-refractivity contribution in [3.05, 3.63) is 60.6 Å². The van der Waals surface area contributed by atoms with E-state index in [1.165, 1.54) is 0 Å². The van der Waals surface area contributed by atoms with E-state index < -0.39 is 0 Å². The van der Waals surface area contributed by atoms with Gasteiger partial charge in [-0.05, 0) is 37.4 Å². The molecule has 0 bridgehead atoms. The van der Waals surface area contributed by atoms with Gasteiger partial charge in [0.05, 0.1) is 17.9 Å². The van der Waals surface area contributed by atoms with Crippen LogP contribution >= 0.6 is 0 Å². The molecule has 1 rings (SSSR count). The van der Waals surface area contributed by atoms with Crippen LogP contribution < -0.4 is 0 Å². The molecule has 0 fully saturated rings. The van der Waals surface area contributed by atoms with Gasteiger partial charge in [-0.1, -0.05) is 25.8 Å². The van der Waals surface area contributed by atoms with E-state index in [1.54, 1.807) is 24.3 Å². The van der Waals surface area contributed by atoms with E-state index in [0.29, 0.717) is 12.2 Å². The van der Waals surface area contributed by atoms with Crippen molar-refractivity contribution in [2.24, 2.45) is 4.99 Å². The molecule has 3 nitrogen and oxygen atoms in total. The van der Waals surface area contributed by atoms with Crippen molar-refractivity contribution >= 4 is 24.7 Å². The molecule has 0 atom stereocenters. The van der Waals surface area contributed by atoms with E-state index in [1.807, 2.05) is 11.5 Å². The maximum absolute atomic E-state index is 11.2. The number of carbonyl (C=O) groups is 1. The van der Waals surface area contributed by atoms with Crippen LogP contribution in [-0.4, -0.2) is 17.6 Å². The fourth-order valence-corrected chi connectivity index (χ4v) is 1.87. The molecular weight excluding hydrogens is 236 g/mol. The summed E-state index contributed by atoms with van der Waals surface area (Å²) in [5, 5.41) is 0. The average molecular weight is 254 g/mol. The molecule has 1 heterocycles. The Balaban J connectivity index is 3.39. The molecule has 19 heavy (non-hydrogen) atoms. The first kappa shape index (κ1) is 14.6. The van der Waals surface area contributed by atoms with Crippen LogP contribution in [0.15, 0.2) is 48.6 Å². The monoisotopic (exact) mass is 254 g/mol. The molecule has 0 aromatic carbocycles. The lowest BCUT2D eigenvalue weighted by Crippen LogP contribution is -2.06. The third kappa shape index (κ3) is 3.07. The minimum Gasteiger partial charge on any atom is -0.332 e. The summed E-state index contributed by atoms with van der Waals surface area (Å²) in [5.41, 5.74) is 3.95. The Hall–Kier alpha value is -2.42. The SMILES string of the molecule is C=C/C=C(/Cn1c(C=O)cc(C(=C)C)c1C=C)N=C. The highest BCUT2D eigenvalue weighted by molar-refractivity contribution is 5.80. The van der Waals surface area contributed by atoms with Crippen molar-refractivity contribution in [1.82, 2.24) is 4.57 Å². The molecule has 0 amide bonds. The highest BCUT2D eigenvalue weighted by atomic mass is 16.1. The molecule has 0 aliphatic rings. The average Bonchev–Trinajstić information content (AvgIpc) is 2.75. The number of hydrogen-bond donors (Lipinski definition) is 0. The molecule has 0 spiro atoms. The molecule has 0 saturated carbocycles. The number of aliphatic imine (C=N–C) groups is 1. The van der Waals surface area contributed by atoms with Gasteiger partial charge in [-0.3, -0.25) is 9.79 Å². The number of hydrogen-bond acceptors (Lipinski definition) is 2. The number of rotatable bonds is 7. The molecule has 0 aliphatic heterocycles. The van der Waals surface area contributed by atoms with Gasteiger partial charge in [0, 0.05) is 11.3 Å². The second-order valence-corrected chi connectivity index (χ2v) is 4.11. The standard InChI is InChI=1S/C16H18N2O/c1-6-8-13(17-5)10-18-14(11-19)9-15(12(3)4)16(18)7-2/h6-9,11H,1-3,5,10H2,4H3/b13-8-. The highest BCUT2D eigenvalue weighted by Crippen LogP contribution is 2.24. The summed E-state index contributed by atoms with van der Waals surface area (Å²) in [4.78, 5) is 15.1. The Kier molecular flexibility index (Phi) is 5.01. The molecule has 0 saturated heterocycles. The van der Waals surface area contributed by atoms with Crippen LogP contribution in [0.1, 0.15) is 28.7 Å². The van der Waals surface area contributed by atoms with Crippen molar-refractivity contribution < 1.29 is 4.79 Å². The number of allylic oxidation sites excluding steroid dienone is 4. The lowest BCUT2D eigenvalue weighted by molar-refractivity contribution is 0.111. The summed E-state index contributed by atoms with van der Waals surface area (Å²) < 4.78 is 1.84. The van der Waals surface area contributed by atoms with Crippen LogP contribution in [0.2, 0.25) is 0 Å². The second-order valence-electron chi connectivity index (χ2n) is 4.11. The van der Waals surface area contributed by atoms with Crippen molar-refractivity contribution in [2.75, 3.05) is 0 Å². The summed E-state index contributed by atoms with van der Waals surface area (Å²) in [7, 11) is 0.